The molecule has 0 unspecified atom stereocenters. The van der Waals surface area contributed by atoms with E-state index in [-0.39, 0.29) is 0 Å². The van der Waals surface area contributed by atoms with Crippen molar-refractivity contribution in [1.29, 1.82) is 0 Å². The first kappa shape index (κ1) is 24.8. The Morgan fingerprint density at radius 2 is 0.932 bits per heavy atom. The van der Waals surface area contributed by atoms with Crippen molar-refractivity contribution in [3.05, 3.63) is 164 Å². The van der Waals surface area contributed by atoms with Gasteiger partial charge in [-0.2, -0.15) is 0 Å². The molecule has 0 spiro atoms. The first-order chi connectivity index (χ1) is 21.8. The molecule has 0 saturated carbocycles. The zero-order chi connectivity index (χ0) is 29.0. The Labute approximate surface area is 255 Å². The van der Waals surface area contributed by atoms with Gasteiger partial charge in [0, 0.05) is 22.4 Å². The summed E-state index contributed by atoms with van der Waals surface area (Å²) in [6, 6.07) is 57.1. The highest BCUT2D eigenvalue weighted by Crippen LogP contribution is 2.47. The molecule has 0 amide bonds. The SMILES string of the molecule is c1ccc2cc(-c3ccc(-c4c5ccccc5c(-c5cccc6ccccc56)c5c4cnc4ccccc45)cc3)ccc2c1. The number of hydrogen-bond donors (Lipinski definition) is 0. The van der Waals surface area contributed by atoms with Crippen molar-refractivity contribution in [3.8, 4) is 33.4 Å². The van der Waals surface area contributed by atoms with E-state index >= 15 is 0 Å². The first-order valence-electron chi connectivity index (χ1n) is 15.1. The normalized spacial score (nSPS) is 11.6. The van der Waals surface area contributed by atoms with Gasteiger partial charge in [-0.05, 0) is 77.8 Å². The average Bonchev–Trinajstić information content (AvgIpc) is 3.10. The number of para-hydroxylation sites is 1. The Morgan fingerprint density at radius 3 is 1.75 bits per heavy atom. The molecule has 9 aromatic rings. The quantitative estimate of drug-likeness (QED) is 0.155. The predicted molar refractivity (Wildman–Crippen MR) is 188 cm³/mol. The van der Waals surface area contributed by atoms with Crippen LogP contribution in [0.25, 0.3) is 87.4 Å². The van der Waals surface area contributed by atoms with Crippen LogP contribution >= 0.6 is 0 Å². The van der Waals surface area contributed by atoms with Crippen LogP contribution in [0.15, 0.2) is 164 Å². The van der Waals surface area contributed by atoms with Gasteiger partial charge in [-0.15, -0.1) is 0 Å². The van der Waals surface area contributed by atoms with E-state index in [0.717, 1.165) is 5.52 Å². The monoisotopic (exact) mass is 557 g/mol. The number of benzene rings is 8. The van der Waals surface area contributed by atoms with E-state index in [1.54, 1.807) is 0 Å². The van der Waals surface area contributed by atoms with Crippen molar-refractivity contribution in [1.82, 2.24) is 4.98 Å². The average molecular weight is 558 g/mol. The van der Waals surface area contributed by atoms with Crippen molar-refractivity contribution in [2.75, 3.05) is 0 Å². The van der Waals surface area contributed by atoms with Gasteiger partial charge in [0.25, 0.3) is 0 Å². The number of aromatic nitrogens is 1. The third-order valence-corrected chi connectivity index (χ3v) is 9.08. The smallest absolute Gasteiger partial charge is 0.0708 e. The summed E-state index contributed by atoms with van der Waals surface area (Å²) < 4.78 is 0. The maximum absolute atomic E-state index is 4.99. The fourth-order valence-corrected chi connectivity index (χ4v) is 7.03. The molecule has 1 aromatic heterocycles. The van der Waals surface area contributed by atoms with Gasteiger partial charge >= 0.3 is 0 Å². The summed E-state index contributed by atoms with van der Waals surface area (Å²) in [4.78, 5) is 4.99. The van der Waals surface area contributed by atoms with Gasteiger partial charge in [0.1, 0.15) is 0 Å². The summed E-state index contributed by atoms with van der Waals surface area (Å²) in [5.74, 6) is 0. The largest absolute Gasteiger partial charge is 0.256 e. The topological polar surface area (TPSA) is 12.9 Å². The van der Waals surface area contributed by atoms with Gasteiger partial charge in [-0.1, -0.05) is 146 Å². The molecule has 9 rings (SSSR count). The van der Waals surface area contributed by atoms with E-state index in [2.05, 4.69) is 164 Å². The van der Waals surface area contributed by atoms with Crippen molar-refractivity contribution < 1.29 is 0 Å². The number of pyridine rings is 1. The Bertz CT molecular complexity index is 2540. The van der Waals surface area contributed by atoms with Crippen molar-refractivity contribution in [2.45, 2.75) is 0 Å². The molecule has 0 aliphatic rings. The standard InChI is InChI=1S/C43H27N/c1-2-12-32-26-33(25-22-28(32)10-1)29-20-23-31(24-21-29)41-36-15-5-6-16-37(36)42(35-18-9-13-30-11-3-4-14-34(30)35)43-38-17-7-8-19-40(38)44-27-39(41)43/h1-27H. The van der Waals surface area contributed by atoms with Crippen LogP contribution in [0.4, 0.5) is 0 Å². The summed E-state index contributed by atoms with van der Waals surface area (Å²) in [6.45, 7) is 0. The molecule has 8 aromatic carbocycles. The highest BCUT2D eigenvalue weighted by molar-refractivity contribution is 6.28. The summed E-state index contributed by atoms with van der Waals surface area (Å²) >= 11 is 0. The van der Waals surface area contributed by atoms with Gasteiger partial charge in [0.05, 0.1) is 5.52 Å². The molecule has 1 heteroatoms. The molecule has 0 fully saturated rings. The lowest BCUT2D eigenvalue weighted by Crippen LogP contribution is -1.94. The van der Waals surface area contributed by atoms with Crippen molar-refractivity contribution in [2.24, 2.45) is 0 Å². The predicted octanol–water partition coefficient (Wildman–Crippen LogP) is 11.8. The van der Waals surface area contributed by atoms with Crippen LogP contribution in [-0.4, -0.2) is 4.98 Å². The van der Waals surface area contributed by atoms with E-state index in [1.165, 1.54) is 81.9 Å². The van der Waals surface area contributed by atoms with E-state index in [0.29, 0.717) is 0 Å². The third kappa shape index (κ3) is 3.83. The van der Waals surface area contributed by atoms with Crippen LogP contribution in [-0.2, 0) is 0 Å². The molecule has 204 valence electrons. The van der Waals surface area contributed by atoms with Gasteiger partial charge in [0.15, 0.2) is 0 Å². The number of rotatable bonds is 3. The Kier molecular flexibility index (Phi) is 5.57. The summed E-state index contributed by atoms with van der Waals surface area (Å²) in [6.07, 6.45) is 2.09. The molecule has 0 aliphatic heterocycles. The molecular formula is C43H27N. The van der Waals surface area contributed by atoms with Gasteiger partial charge < -0.3 is 0 Å². The number of nitrogens with zero attached hydrogens (tertiary/aromatic N) is 1. The lowest BCUT2D eigenvalue weighted by atomic mass is 9.84. The lowest BCUT2D eigenvalue weighted by molar-refractivity contribution is 1.45. The lowest BCUT2D eigenvalue weighted by Gasteiger charge is -2.20. The second kappa shape index (κ2) is 9.90. The van der Waals surface area contributed by atoms with E-state index in [4.69, 9.17) is 4.98 Å². The fourth-order valence-electron chi connectivity index (χ4n) is 7.03. The van der Waals surface area contributed by atoms with Crippen LogP contribution in [0.3, 0.4) is 0 Å². The minimum Gasteiger partial charge on any atom is -0.256 e. The summed E-state index contributed by atoms with van der Waals surface area (Å²) in [5, 5.41) is 11.1. The zero-order valence-electron chi connectivity index (χ0n) is 24.0. The minimum atomic E-state index is 1.01. The first-order valence-corrected chi connectivity index (χ1v) is 15.1. The maximum atomic E-state index is 4.99. The highest BCUT2D eigenvalue weighted by Gasteiger charge is 2.20. The minimum absolute atomic E-state index is 1.01. The van der Waals surface area contributed by atoms with E-state index in [9.17, 15) is 0 Å². The maximum Gasteiger partial charge on any atom is 0.0708 e. The van der Waals surface area contributed by atoms with Crippen molar-refractivity contribution >= 4 is 54.0 Å². The second-order valence-electron chi connectivity index (χ2n) is 11.5. The Balaban J connectivity index is 1.35. The van der Waals surface area contributed by atoms with Crippen LogP contribution in [0, 0.1) is 0 Å². The molecule has 0 atom stereocenters. The highest BCUT2D eigenvalue weighted by atomic mass is 14.6. The second-order valence-corrected chi connectivity index (χ2v) is 11.5. The van der Waals surface area contributed by atoms with Gasteiger partial charge in [0.2, 0.25) is 0 Å². The molecule has 1 heterocycles. The molecule has 0 N–H and O–H groups in total. The molecule has 0 aliphatic carbocycles. The fraction of sp³-hybridized carbons (Fsp3) is 0. The molecule has 0 bridgehead atoms. The van der Waals surface area contributed by atoms with Crippen LogP contribution in [0.1, 0.15) is 0 Å². The van der Waals surface area contributed by atoms with Crippen molar-refractivity contribution in [3.63, 3.8) is 0 Å². The van der Waals surface area contributed by atoms with Crippen LogP contribution < -0.4 is 0 Å². The summed E-state index contributed by atoms with van der Waals surface area (Å²) in [5.41, 5.74) is 8.38. The van der Waals surface area contributed by atoms with Crippen LogP contribution in [0.5, 0.6) is 0 Å². The Hall–Kier alpha value is -5.79. The van der Waals surface area contributed by atoms with E-state index in [1.807, 2.05) is 0 Å². The van der Waals surface area contributed by atoms with E-state index < -0.39 is 0 Å². The van der Waals surface area contributed by atoms with Gasteiger partial charge in [-0.25, -0.2) is 0 Å². The third-order valence-electron chi connectivity index (χ3n) is 9.08. The van der Waals surface area contributed by atoms with Gasteiger partial charge in [-0.3, -0.25) is 4.98 Å². The molecule has 0 radical (unpaired) electrons. The Morgan fingerprint density at radius 1 is 0.341 bits per heavy atom. The number of fused-ring (bicyclic) bond motifs is 6. The molecule has 0 saturated heterocycles. The molecule has 1 nitrogen and oxygen atoms in total. The molecular weight excluding hydrogens is 530 g/mol. The number of hydrogen-bond acceptors (Lipinski definition) is 1. The zero-order valence-corrected chi connectivity index (χ0v) is 24.0. The molecule has 44 heavy (non-hydrogen) atoms. The summed E-state index contributed by atoms with van der Waals surface area (Å²) in [7, 11) is 0. The van der Waals surface area contributed by atoms with Crippen LogP contribution in [0.2, 0.25) is 0 Å².